The number of aromatic nitrogens is 5. The van der Waals surface area contributed by atoms with Crippen molar-refractivity contribution in [3.05, 3.63) is 111 Å². The molecule has 0 atom stereocenters. The summed E-state index contributed by atoms with van der Waals surface area (Å²) in [4.78, 5) is 35.3. The Morgan fingerprint density at radius 3 is 2.40 bits per heavy atom. The van der Waals surface area contributed by atoms with E-state index < -0.39 is 29.4 Å². The van der Waals surface area contributed by atoms with Crippen LogP contribution in [0.15, 0.2) is 76.7 Å². The minimum Gasteiger partial charge on any atom is -0.399 e. The van der Waals surface area contributed by atoms with E-state index in [1.54, 1.807) is 24.3 Å². The molecule has 0 unspecified atom stereocenters. The van der Waals surface area contributed by atoms with Crippen LogP contribution in [0, 0.1) is 11.6 Å². The highest BCUT2D eigenvalue weighted by Crippen LogP contribution is 2.38. The first kappa shape index (κ1) is 25.6. The number of thiophene rings is 1. The molecule has 6 rings (SSSR count). The van der Waals surface area contributed by atoms with Gasteiger partial charge in [-0.2, -0.15) is 5.10 Å². The van der Waals surface area contributed by atoms with Gasteiger partial charge in [0.15, 0.2) is 5.65 Å². The van der Waals surface area contributed by atoms with Gasteiger partial charge < -0.3 is 10.6 Å². The summed E-state index contributed by atoms with van der Waals surface area (Å²) in [5.41, 5.74) is 7.21. The third-order valence-electron chi connectivity index (χ3n) is 6.61. The number of halogens is 2. The summed E-state index contributed by atoms with van der Waals surface area (Å²) in [6, 6.07) is 14.0. The Hall–Kier alpha value is -4.68. The molecule has 6 aromatic rings. The van der Waals surface area contributed by atoms with Gasteiger partial charge >= 0.3 is 5.69 Å². The number of fused-ring (bicyclic) bond motifs is 2. The summed E-state index contributed by atoms with van der Waals surface area (Å²) in [6.45, 7) is -0.0356. The second-order valence-electron chi connectivity index (χ2n) is 9.61. The Kier molecular flexibility index (Phi) is 6.28. The average molecular weight is 560 g/mol. The molecule has 0 aliphatic heterocycles. The largest absolute Gasteiger partial charge is 0.399 e. The second-order valence-corrected chi connectivity index (χ2v) is 10.6. The number of nitrogens with zero attached hydrogens (tertiary/aromatic N) is 6. The zero-order valence-electron chi connectivity index (χ0n) is 21.5. The monoisotopic (exact) mass is 559 g/mol. The Bertz CT molecular complexity index is 2000. The quantitative estimate of drug-likeness (QED) is 0.311. The summed E-state index contributed by atoms with van der Waals surface area (Å²) in [6.07, 6.45) is 2.88. The maximum atomic E-state index is 14.8. The Morgan fingerprint density at radius 2 is 1.70 bits per heavy atom. The van der Waals surface area contributed by atoms with E-state index in [9.17, 15) is 18.4 Å². The zero-order valence-corrected chi connectivity index (χ0v) is 22.3. The fourth-order valence-corrected chi connectivity index (χ4v) is 6.05. The maximum absolute atomic E-state index is 14.8. The van der Waals surface area contributed by atoms with Gasteiger partial charge in [-0.25, -0.2) is 27.6 Å². The van der Waals surface area contributed by atoms with Gasteiger partial charge in [-0.1, -0.05) is 18.2 Å². The highest BCUT2D eigenvalue weighted by atomic mass is 32.1. The van der Waals surface area contributed by atoms with Crippen LogP contribution in [0.5, 0.6) is 0 Å². The van der Waals surface area contributed by atoms with Crippen LogP contribution in [0.3, 0.4) is 0 Å². The molecule has 2 N–H and O–H groups in total. The molecule has 0 radical (unpaired) electrons. The molecule has 0 saturated heterocycles. The lowest BCUT2D eigenvalue weighted by Crippen LogP contribution is -2.39. The lowest BCUT2D eigenvalue weighted by molar-refractivity contribution is 0.405. The SMILES string of the molecule is CN(C)Cc1c(-c2ccc(N)cc2)sc2c1c(=O)n(-c1ccc3ncnn3c1)c(=O)n2Cc1c(F)cccc1F. The van der Waals surface area contributed by atoms with E-state index >= 15 is 0 Å². The number of anilines is 1. The van der Waals surface area contributed by atoms with E-state index in [2.05, 4.69) is 10.1 Å². The van der Waals surface area contributed by atoms with Gasteiger partial charge in [-0.05, 0) is 61.6 Å². The molecule has 0 amide bonds. The van der Waals surface area contributed by atoms with E-state index in [0.717, 1.165) is 27.1 Å². The van der Waals surface area contributed by atoms with Gasteiger partial charge in [-0.15, -0.1) is 11.3 Å². The number of rotatable bonds is 6. The van der Waals surface area contributed by atoms with E-state index in [-0.39, 0.29) is 11.3 Å². The lowest BCUT2D eigenvalue weighted by atomic mass is 10.1. The predicted octanol–water partition coefficient (Wildman–Crippen LogP) is 3.89. The predicted molar refractivity (Wildman–Crippen MR) is 151 cm³/mol. The van der Waals surface area contributed by atoms with E-state index in [1.165, 1.54) is 39.0 Å². The van der Waals surface area contributed by atoms with Crippen molar-refractivity contribution in [2.45, 2.75) is 13.1 Å². The van der Waals surface area contributed by atoms with Crippen LogP contribution in [0.2, 0.25) is 0 Å². The first-order chi connectivity index (χ1) is 19.2. The Labute approximate surface area is 230 Å². The number of hydrogen-bond acceptors (Lipinski definition) is 7. The summed E-state index contributed by atoms with van der Waals surface area (Å²) in [5.74, 6) is -1.57. The van der Waals surface area contributed by atoms with Gasteiger partial charge in [0.05, 0.1) is 23.8 Å². The maximum Gasteiger partial charge on any atom is 0.337 e. The minimum absolute atomic E-state index is 0.244. The van der Waals surface area contributed by atoms with Crippen LogP contribution in [0.1, 0.15) is 11.1 Å². The van der Waals surface area contributed by atoms with Crippen LogP contribution < -0.4 is 17.0 Å². The third kappa shape index (κ3) is 4.27. The van der Waals surface area contributed by atoms with Gasteiger partial charge in [0.1, 0.15) is 22.8 Å². The van der Waals surface area contributed by atoms with Crippen molar-refractivity contribution in [1.29, 1.82) is 0 Å². The summed E-state index contributed by atoms with van der Waals surface area (Å²) >= 11 is 1.23. The van der Waals surface area contributed by atoms with Crippen molar-refractivity contribution in [3.8, 4) is 16.1 Å². The zero-order chi connectivity index (χ0) is 28.1. The highest BCUT2D eigenvalue weighted by molar-refractivity contribution is 7.22. The average Bonchev–Trinajstić information content (AvgIpc) is 3.53. The van der Waals surface area contributed by atoms with Gasteiger partial charge in [0.25, 0.3) is 5.56 Å². The Balaban J connectivity index is 1.73. The molecule has 0 bridgehead atoms. The first-order valence-corrected chi connectivity index (χ1v) is 13.1. The molecule has 40 heavy (non-hydrogen) atoms. The second kappa shape index (κ2) is 9.81. The van der Waals surface area contributed by atoms with Crippen LogP contribution >= 0.6 is 11.3 Å². The molecule has 12 heteroatoms. The normalized spacial score (nSPS) is 11.7. The molecule has 202 valence electrons. The van der Waals surface area contributed by atoms with Crippen LogP contribution in [-0.4, -0.2) is 42.7 Å². The molecule has 0 spiro atoms. The molecule has 0 aliphatic carbocycles. The van der Waals surface area contributed by atoms with Gasteiger partial charge in [-0.3, -0.25) is 9.36 Å². The van der Waals surface area contributed by atoms with Crippen LogP contribution in [0.4, 0.5) is 14.5 Å². The number of hydrogen-bond donors (Lipinski definition) is 1. The number of benzene rings is 2. The highest BCUT2D eigenvalue weighted by Gasteiger charge is 2.25. The third-order valence-corrected chi connectivity index (χ3v) is 7.92. The first-order valence-electron chi connectivity index (χ1n) is 12.3. The van der Waals surface area contributed by atoms with Crippen molar-refractivity contribution in [2.24, 2.45) is 0 Å². The summed E-state index contributed by atoms with van der Waals surface area (Å²) < 4.78 is 33.3. The molecule has 4 aromatic heterocycles. The number of nitrogens with two attached hydrogens (primary N) is 1. The fraction of sp³-hybridized carbons (Fsp3) is 0.143. The standard InChI is InChI=1S/C28H23F2N7O2S/c1-34(2)13-20-24-26(38)37(18-10-11-23-32-15-33-36(23)12-18)28(39)35(14-19-21(29)4-3-5-22(19)30)27(24)40-25(20)16-6-8-17(31)9-7-16/h3-12,15H,13-14,31H2,1-2H3. The molecule has 2 aromatic carbocycles. The van der Waals surface area contributed by atoms with Gasteiger partial charge in [0, 0.05) is 22.7 Å². The van der Waals surface area contributed by atoms with Gasteiger partial charge in [0.2, 0.25) is 0 Å². The van der Waals surface area contributed by atoms with E-state index in [0.29, 0.717) is 33.7 Å². The van der Waals surface area contributed by atoms with Crippen LogP contribution in [0.25, 0.3) is 32.0 Å². The fourth-order valence-electron chi connectivity index (χ4n) is 4.75. The summed E-state index contributed by atoms with van der Waals surface area (Å²) in [7, 11) is 3.75. The smallest absolute Gasteiger partial charge is 0.337 e. The van der Waals surface area contributed by atoms with Crippen molar-refractivity contribution >= 4 is 32.9 Å². The molecule has 4 heterocycles. The topological polar surface area (TPSA) is 103 Å². The molecule has 0 aliphatic rings. The molecular formula is C28H23F2N7O2S. The molecule has 9 nitrogen and oxygen atoms in total. The number of nitrogen functional groups attached to an aromatic ring is 1. The summed E-state index contributed by atoms with van der Waals surface area (Å²) in [5, 5.41) is 4.41. The lowest BCUT2D eigenvalue weighted by Gasteiger charge is -2.15. The van der Waals surface area contributed by atoms with Crippen LogP contribution in [-0.2, 0) is 13.1 Å². The molecule has 0 fully saturated rings. The van der Waals surface area contributed by atoms with Crippen molar-refractivity contribution < 1.29 is 8.78 Å². The number of pyridine rings is 1. The van der Waals surface area contributed by atoms with Crippen molar-refractivity contribution in [3.63, 3.8) is 0 Å². The Morgan fingerprint density at radius 1 is 0.975 bits per heavy atom. The molecule has 0 saturated carbocycles. The molecular weight excluding hydrogens is 536 g/mol. The van der Waals surface area contributed by atoms with E-state index in [1.807, 2.05) is 31.1 Å². The van der Waals surface area contributed by atoms with E-state index in [4.69, 9.17) is 5.73 Å². The van der Waals surface area contributed by atoms with Crippen molar-refractivity contribution in [2.75, 3.05) is 19.8 Å². The minimum atomic E-state index is -0.786. The van der Waals surface area contributed by atoms with Crippen molar-refractivity contribution in [1.82, 2.24) is 28.6 Å².